The fourth-order valence-corrected chi connectivity index (χ4v) is 5.13. The van der Waals surface area contributed by atoms with E-state index in [1.165, 1.54) is 4.88 Å². The molecule has 172 valence electrons. The molecular formula is C27H30N2O3S. The van der Waals surface area contributed by atoms with E-state index in [1.807, 2.05) is 67.3 Å². The molecule has 0 fully saturated rings. The average Bonchev–Trinajstić information content (AvgIpc) is 3.35. The number of amides is 2. The van der Waals surface area contributed by atoms with Gasteiger partial charge in [-0.2, -0.15) is 0 Å². The molecule has 33 heavy (non-hydrogen) atoms. The van der Waals surface area contributed by atoms with Crippen LogP contribution in [0.25, 0.3) is 0 Å². The summed E-state index contributed by atoms with van der Waals surface area (Å²) in [5.74, 6) is 0.634. The van der Waals surface area contributed by atoms with Crippen LogP contribution >= 0.6 is 11.3 Å². The predicted molar refractivity (Wildman–Crippen MR) is 132 cm³/mol. The van der Waals surface area contributed by atoms with Crippen molar-refractivity contribution in [2.75, 3.05) is 19.7 Å². The zero-order chi connectivity index (χ0) is 23.2. The number of rotatable bonds is 8. The molecule has 0 saturated heterocycles. The molecule has 0 unspecified atom stereocenters. The second-order valence-electron chi connectivity index (χ2n) is 8.33. The molecule has 2 heterocycles. The van der Waals surface area contributed by atoms with Crippen molar-refractivity contribution < 1.29 is 14.3 Å². The first kappa shape index (κ1) is 23.1. The fourth-order valence-electron chi connectivity index (χ4n) is 4.20. The van der Waals surface area contributed by atoms with E-state index in [2.05, 4.69) is 11.4 Å². The first-order valence-corrected chi connectivity index (χ1v) is 12.4. The van der Waals surface area contributed by atoms with Gasteiger partial charge >= 0.3 is 0 Å². The van der Waals surface area contributed by atoms with Gasteiger partial charge in [-0.3, -0.25) is 9.59 Å². The maximum Gasteiger partial charge on any atom is 0.254 e. The number of thiophene rings is 1. The first-order chi connectivity index (χ1) is 16.1. The molecule has 2 aromatic carbocycles. The van der Waals surface area contributed by atoms with E-state index in [9.17, 15) is 9.59 Å². The molecule has 3 aromatic rings. The number of hydrogen-bond acceptors (Lipinski definition) is 4. The van der Waals surface area contributed by atoms with Crippen molar-refractivity contribution in [1.82, 2.24) is 9.80 Å². The highest BCUT2D eigenvalue weighted by Gasteiger charge is 2.34. The monoisotopic (exact) mass is 462 g/mol. The van der Waals surface area contributed by atoms with Crippen LogP contribution < -0.4 is 4.74 Å². The Balaban J connectivity index is 1.54. The highest BCUT2D eigenvalue weighted by atomic mass is 32.1. The molecule has 0 spiro atoms. The van der Waals surface area contributed by atoms with Gasteiger partial charge < -0.3 is 14.5 Å². The Labute approximate surface area is 199 Å². The molecule has 2 atom stereocenters. The Morgan fingerprint density at radius 2 is 1.79 bits per heavy atom. The van der Waals surface area contributed by atoms with Crippen molar-refractivity contribution in [2.24, 2.45) is 0 Å². The Hall–Kier alpha value is -3.12. The van der Waals surface area contributed by atoms with E-state index >= 15 is 0 Å². The molecule has 1 aliphatic heterocycles. The summed E-state index contributed by atoms with van der Waals surface area (Å²) >= 11 is 1.73. The highest BCUT2D eigenvalue weighted by molar-refractivity contribution is 7.10. The number of benzene rings is 2. The lowest BCUT2D eigenvalue weighted by Crippen LogP contribution is -2.49. The first-order valence-electron chi connectivity index (χ1n) is 11.5. The van der Waals surface area contributed by atoms with Crippen LogP contribution in [0.3, 0.4) is 0 Å². The summed E-state index contributed by atoms with van der Waals surface area (Å²) in [7, 11) is 0. The third-order valence-electron chi connectivity index (χ3n) is 6.28. The Kier molecular flexibility index (Phi) is 7.45. The van der Waals surface area contributed by atoms with Crippen LogP contribution in [-0.4, -0.2) is 47.4 Å². The average molecular weight is 463 g/mol. The van der Waals surface area contributed by atoms with Crippen LogP contribution in [0.2, 0.25) is 0 Å². The van der Waals surface area contributed by atoms with Crippen LogP contribution in [0.5, 0.6) is 5.75 Å². The molecule has 5 nitrogen and oxygen atoms in total. The van der Waals surface area contributed by atoms with Crippen LogP contribution in [0.15, 0.2) is 72.1 Å². The van der Waals surface area contributed by atoms with Gasteiger partial charge in [-0.05, 0) is 61.0 Å². The Morgan fingerprint density at radius 3 is 2.48 bits per heavy atom. The lowest BCUT2D eigenvalue weighted by atomic mass is 10.00. The molecule has 0 bridgehead atoms. The number of para-hydroxylation sites is 1. The zero-order valence-electron chi connectivity index (χ0n) is 19.1. The lowest BCUT2D eigenvalue weighted by molar-refractivity contribution is -0.136. The van der Waals surface area contributed by atoms with Crippen molar-refractivity contribution in [3.05, 3.63) is 88.1 Å². The van der Waals surface area contributed by atoms with Gasteiger partial charge in [0.2, 0.25) is 5.91 Å². The molecule has 0 N–H and O–H groups in total. The number of carbonyl (C=O) groups is 2. The number of ether oxygens (including phenoxy) is 1. The highest BCUT2D eigenvalue weighted by Crippen LogP contribution is 2.34. The van der Waals surface area contributed by atoms with Gasteiger partial charge in [0.15, 0.2) is 0 Å². The van der Waals surface area contributed by atoms with Gasteiger partial charge in [0, 0.05) is 23.0 Å². The molecule has 4 rings (SSSR count). The smallest absolute Gasteiger partial charge is 0.254 e. The van der Waals surface area contributed by atoms with E-state index in [1.54, 1.807) is 28.4 Å². The summed E-state index contributed by atoms with van der Waals surface area (Å²) < 4.78 is 6.07. The molecule has 2 amide bonds. The predicted octanol–water partition coefficient (Wildman–Crippen LogP) is 5.19. The Morgan fingerprint density at radius 1 is 1.09 bits per heavy atom. The van der Waals surface area contributed by atoms with Gasteiger partial charge in [0.25, 0.3) is 5.91 Å². The summed E-state index contributed by atoms with van der Waals surface area (Å²) in [6.45, 7) is 5.11. The van der Waals surface area contributed by atoms with Crippen molar-refractivity contribution in [3.8, 4) is 5.75 Å². The molecule has 1 aliphatic rings. The molecule has 0 saturated carbocycles. The molecule has 0 radical (unpaired) electrons. The van der Waals surface area contributed by atoms with Crippen molar-refractivity contribution in [1.29, 1.82) is 0 Å². The SMILES string of the molecule is CC[C@@H](C)N(CC(=O)N1CCc2sccc2[C@H]1COc1ccccc1)C(=O)c1ccccc1. The van der Waals surface area contributed by atoms with Crippen LogP contribution in [0.1, 0.15) is 47.1 Å². The zero-order valence-corrected chi connectivity index (χ0v) is 20.0. The van der Waals surface area contributed by atoms with E-state index in [0.29, 0.717) is 18.7 Å². The van der Waals surface area contributed by atoms with Crippen molar-refractivity contribution in [3.63, 3.8) is 0 Å². The number of carbonyl (C=O) groups excluding carboxylic acids is 2. The standard InChI is InChI=1S/C27H30N2O3S/c1-3-20(2)29(27(31)21-10-6-4-7-11-21)18-26(30)28-16-14-25-23(15-17-33-25)24(28)19-32-22-12-8-5-9-13-22/h4-13,15,17,20,24H,3,14,16,18-19H2,1-2H3/t20-,24-/m1/s1. The van der Waals surface area contributed by atoms with E-state index < -0.39 is 0 Å². The molecular weight excluding hydrogens is 432 g/mol. The van der Waals surface area contributed by atoms with Gasteiger partial charge in [0.05, 0.1) is 6.04 Å². The fraction of sp³-hybridized carbons (Fsp3) is 0.333. The van der Waals surface area contributed by atoms with Gasteiger partial charge in [-0.25, -0.2) is 0 Å². The van der Waals surface area contributed by atoms with Crippen molar-refractivity contribution in [2.45, 2.75) is 38.8 Å². The van der Waals surface area contributed by atoms with E-state index in [-0.39, 0.29) is 30.4 Å². The molecule has 6 heteroatoms. The number of fused-ring (bicyclic) bond motifs is 1. The summed E-state index contributed by atoms with van der Waals surface area (Å²) in [5, 5.41) is 2.08. The van der Waals surface area contributed by atoms with E-state index in [0.717, 1.165) is 24.2 Å². The summed E-state index contributed by atoms with van der Waals surface area (Å²) in [4.78, 5) is 31.7. The maximum absolute atomic E-state index is 13.6. The van der Waals surface area contributed by atoms with Crippen LogP contribution in [-0.2, 0) is 11.2 Å². The minimum Gasteiger partial charge on any atom is -0.491 e. The number of nitrogens with zero attached hydrogens (tertiary/aromatic N) is 2. The molecule has 0 aliphatic carbocycles. The van der Waals surface area contributed by atoms with Crippen LogP contribution in [0.4, 0.5) is 0 Å². The third-order valence-corrected chi connectivity index (χ3v) is 7.27. The van der Waals surface area contributed by atoms with Gasteiger partial charge in [-0.1, -0.05) is 43.3 Å². The van der Waals surface area contributed by atoms with Crippen LogP contribution in [0, 0.1) is 0 Å². The van der Waals surface area contributed by atoms with Crippen molar-refractivity contribution >= 4 is 23.2 Å². The van der Waals surface area contributed by atoms with E-state index in [4.69, 9.17) is 4.74 Å². The van der Waals surface area contributed by atoms with Gasteiger partial charge in [0.1, 0.15) is 18.9 Å². The maximum atomic E-state index is 13.6. The second-order valence-corrected chi connectivity index (χ2v) is 9.33. The largest absolute Gasteiger partial charge is 0.491 e. The second kappa shape index (κ2) is 10.7. The molecule has 1 aromatic heterocycles. The minimum atomic E-state index is -0.168. The topological polar surface area (TPSA) is 49.9 Å². The Bertz CT molecular complexity index is 1070. The normalized spacial score (nSPS) is 16.1. The quantitative estimate of drug-likeness (QED) is 0.463. The lowest BCUT2D eigenvalue weighted by Gasteiger charge is -2.38. The number of hydrogen-bond donors (Lipinski definition) is 0. The third kappa shape index (κ3) is 5.28. The summed E-state index contributed by atoms with van der Waals surface area (Å²) in [6, 6.07) is 20.8. The summed E-state index contributed by atoms with van der Waals surface area (Å²) in [6.07, 6.45) is 1.61. The van der Waals surface area contributed by atoms with Gasteiger partial charge in [-0.15, -0.1) is 11.3 Å². The minimum absolute atomic E-state index is 0.0397. The summed E-state index contributed by atoms with van der Waals surface area (Å²) in [5.41, 5.74) is 1.76.